The van der Waals surface area contributed by atoms with E-state index >= 15 is 0 Å². The molecule has 1 fully saturated rings. The number of carbonyl (C=O) groups is 2. The molecule has 1 N–H and O–H groups in total. The number of ether oxygens (including phenoxy) is 2. The highest BCUT2D eigenvalue weighted by Gasteiger charge is 2.30. The number of rotatable bonds is 6. The van der Waals surface area contributed by atoms with Gasteiger partial charge in [-0.3, -0.25) is 14.9 Å². The number of amides is 1. The zero-order valence-corrected chi connectivity index (χ0v) is 12.7. The number of methoxy groups -OCH3 is 1. The maximum absolute atomic E-state index is 12.2. The van der Waals surface area contributed by atoms with Gasteiger partial charge in [-0.1, -0.05) is 18.2 Å². The van der Waals surface area contributed by atoms with E-state index in [-0.39, 0.29) is 23.9 Å². The van der Waals surface area contributed by atoms with Crippen molar-refractivity contribution in [3.63, 3.8) is 0 Å². The predicted octanol–water partition coefficient (Wildman–Crippen LogP) is 0.832. The molecule has 2 rings (SSSR count). The zero-order valence-electron chi connectivity index (χ0n) is 12.7. The maximum Gasteiger partial charge on any atom is 0.328 e. The lowest BCUT2D eigenvalue weighted by Crippen LogP contribution is -2.45. The average Bonchev–Trinajstić information content (AvgIpc) is 3.08. The summed E-state index contributed by atoms with van der Waals surface area (Å²) in [5.41, 5.74) is 0.260. The van der Waals surface area contributed by atoms with E-state index in [4.69, 9.17) is 9.47 Å². The molecule has 8 nitrogen and oxygen atoms in total. The van der Waals surface area contributed by atoms with E-state index in [1.54, 1.807) is 18.2 Å². The molecule has 1 aliphatic heterocycles. The Balaban J connectivity index is 2.14. The van der Waals surface area contributed by atoms with Gasteiger partial charge in [0.25, 0.3) is 5.69 Å². The summed E-state index contributed by atoms with van der Waals surface area (Å²) in [6, 6.07) is 5.12. The molecule has 0 spiro atoms. The summed E-state index contributed by atoms with van der Waals surface area (Å²) in [5.74, 6) is -1.26. The SMILES string of the molecule is COC(=O)[C@@H](Cc1ccccc1[N+](=O)[O-])NC(=O)[C@@H]1CCOC1. The molecule has 0 unspecified atom stereocenters. The Bertz CT molecular complexity index is 597. The third-order valence-corrected chi connectivity index (χ3v) is 3.72. The van der Waals surface area contributed by atoms with Gasteiger partial charge in [0.15, 0.2) is 0 Å². The lowest BCUT2D eigenvalue weighted by Gasteiger charge is -2.18. The van der Waals surface area contributed by atoms with Crippen molar-refractivity contribution in [3.05, 3.63) is 39.9 Å². The summed E-state index contributed by atoms with van der Waals surface area (Å²) in [7, 11) is 1.21. The first-order chi connectivity index (χ1) is 11.0. The molecule has 0 aromatic heterocycles. The Morgan fingerprint density at radius 3 is 2.83 bits per heavy atom. The van der Waals surface area contributed by atoms with Crippen molar-refractivity contribution in [2.24, 2.45) is 5.92 Å². The number of nitrogens with zero attached hydrogens (tertiary/aromatic N) is 1. The van der Waals surface area contributed by atoms with Crippen LogP contribution in [0, 0.1) is 16.0 Å². The molecule has 1 aliphatic rings. The van der Waals surface area contributed by atoms with Gasteiger partial charge in [0.1, 0.15) is 6.04 Å². The highest BCUT2D eigenvalue weighted by atomic mass is 16.6. The van der Waals surface area contributed by atoms with Gasteiger partial charge in [-0.2, -0.15) is 0 Å². The summed E-state index contributed by atoms with van der Waals surface area (Å²) in [4.78, 5) is 34.6. The van der Waals surface area contributed by atoms with Crippen LogP contribution in [0.1, 0.15) is 12.0 Å². The summed E-state index contributed by atoms with van der Waals surface area (Å²) in [6.45, 7) is 0.816. The number of nitro groups is 1. The molecule has 0 radical (unpaired) electrons. The monoisotopic (exact) mass is 322 g/mol. The zero-order chi connectivity index (χ0) is 16.8. The van der Waals surface area contributed by atoms with Crippen molar-refractivity contribution in [1.82, 2.24) is 5.32 Å². The van der Waals surface area contributed by atoms with Gasteiger partial charge < -0.3 is 14.8 Å². The number of para-hydroxylation sites is 1. The van der Waals surface area contributed by atoms with Gasteiger partial charge in [-0.25, -0.2) is 4.79 Å². The molecule has 0 bridgehead atoms. The molecule has 1 aromatic carbocycles. The Hall–Kier alpha value is -2.48. The van der Waals surface area contributed by atoms with E-state index in [1.807, 2.05) is 0 Å². The minimum atomic E-state index is -0.978. The molecular weight excluding hydrogens is 304 g/mol. The molecular formula is C15H18N2O6. The lowest BCUT2D eigenvalue weighted by atomic mass is 10.0. The third-order valence-electron chi connectivity index (χ3n) is 3.72. The van der Waals surface area contributed by atoms with E-state index in [0.29, 0.717) is 25.2 Å². The van der Waals surface area contributed by atoms with Crippen LogP contribution < -0.4 is 5.32 Å². The van der Waals surface area contributed by atoms with Crippen molar-refractivity contribution < 1.29 is 24.0 Å². The van der Waals surface area contributed by atoms with Gasteiger partial charge in [0, 0.05) is 24.7 Å². The van der Waals surface area contributed by atoms with Crippen molar-refractivity contribution in [2.75, 3.05) is 20.3 Å². The molecule has 2 atom stereocenters. The fourth-order valence-corrected chi connectivity index (χ4v) is 2.45. The topological polar surface area (TPSA) is 108 Å². The number of carbonyl (C=O) groups excluding carboxylic acids is 2. The van der Waals surface area contributed by atoms with E-state index in [2.05, 4.69) is 5.32 Å². The first-order valence-electron chi connectivity index (χ1n) is 7.21. The minimum Gasteiger partial charge on any atom is -0.467 e. The molecule has 1 saturated heterocycles. The third kappa shape index (κ3) is 4.26. The molecule has 8 heteroatoms. The summed E-state index contributed by atoms with van der Waals surface area (Å²) >= 11 is 0. The number of esters is 1. The number of nitro benzene ring substituents is 1. The van der Waals surface area contributed by atoms with Crippen LogP contribution >= 0.6 is 0 Å². The number of hydrogen-bond acceptors (Lipinski definition) is 6. The van der Waals surface area contributed by atoms with E-state index in [9.17, 15) is 19.7 Å². The Morgan fingerprint density at radius 2 is 2.22 bits per heavy atom. The summed E-state index contributed by atoms with van der Waals surface area (Å²) < 4.78 is 9.84. The van der Waals surface area contributed by atoms with Crippen LogP contribution in [0.15, 0.2) is 24.3 Å². The molecule has 1 aromatic rings. The quantitative estimate of drug-likeness (QED) is 0.472. The summed E-state index contributed by atoms with van der Waals surface area (Å²) in [5, 5.41) is 13.7. The van der Waals surface area contributed by atoms with Crippen LogP contribution in [-0.4, -0.2) is 43.2 Å². The Kier molecular flexibility index (Phi) is 5.64. The van der Waals surface area contributed by atoms with Crippen LogP contribution in [0.2, 0.25) is 0 Å². The highest BCUT2D eigenvalue weighted by Crippen LogP contribution is 2.20. The van der Waals surface area contributed by atoms with Crippen LogP contribution in [0.25, 0.3) is 0 Å². The highest BCUT2D eigenvalue weighted by molar-refractivity contribution is 5.86. The van der Waals surface area contributed by atoms with Gasteiger partial charge in [-0.15, -0.1) is 0 Å². The van der Waals surface area contributed by atoms with Gasteiger partial charge in [0.05, 0.1) is 24.6 Å². The number of hydrogen-bond donors (Lipinski definition) is 1. The second-order valence-corrected chi connectivity index (χ2v) is 5.23. The largest absolute Gasteiger partial charge is 0.467 e. The molecule has 0 aliphatic carbocycles. The van der Waals surface area contributed by atoms with Gasteiger partial charge >= 0.3 is 5.97 Å². The fraction of sp³-hybridized carbons (Fsp3) is 0.467. The molecule has 1 heterocycles. The van der Waals surface area contributed by atoms with E-state index in [1.165, 1.54) is 13.2 Å². The second kappa shape index (κ2) is 7.68. The normalized spacial score (nSPS) is 18.2. The number of nitrogens with one attached hydrogen (secondary N) is 1. The smallest absolute Gasteiger partial charge is 0.328 e. The predicted molar refractivity (Wildman–Crippen MR) is 79.7 cm³/mol. The van der Waals surface area contributed by atoms with Crippen molar-refractivity contribution in [1.29, 1.82) is 0 Å². The van der Waals surface area contributed by atoms with Crippen molar-refractivity contribution in [3.8, 4) is 0 Å². The standard InChI is InChI=1S/C15H18N2O6/c1-22-15(19)12(16-14(18)11-6-7-23-9-11)8-10-4-2-3-5-13(10)17(20)21/h2-5,11-12H,6-9H2,1H3,(H,16,18)/t11-,12-/m1/s1. The Labute approximate surface area is 132 Å². The van der Waals surface area contributed by atoms with Gasteiger partial charge in [0.2, 0.25) is 5.91 Å². The Morgan fingerprint density at radius 1 is 1.48 bits per heavy atom. The lowest BCUT2D eigenvalue weighted by molar-refractivity contribution is -0.385. The van der Waals surface area contributed by atoms with E-state index in [0.717, 1.165) is 0 Å². The molecule has 1 amide bonds. The minimum absolute atomic E-state index is 0.0108. The second-order valence-electron chi connectivity index (χ2n) is 5.23. The number of benzene rings is 1. The molecule has 23 heavy (non-hydrogen) atoms. The van der Waals surface area contributed by atoms with Gasteiger partial charge in [-0.05, 0) is 6.42 Å². The average molecular weight is 322 g/mol. The van der Waals surface area contributed by atoms with Crippen LogP contribution in [0.5, 0.6) is 0 Å². The van der Waals surface area contributed by atoms with Crippen LogP contribution in [-0.2, 0) is 25.5 Å². The summed E-state index contributed by atoms with van der Waals surface area (Å²) in [6.07, 6.45) is 0.578. The van der Waals surface area contributed by atoms with Crippen LogP contribution in [0.3, 0.4) is 0 Å². The first kappa shape index (κ1) is 16.9. The van der Waals surface area contributed by atoms with Crippen LogP contribution in [0.4, 0.5) is 5.69 Å². The maximum atomic E-state index is 12.2. The first-order valence-corrected chi connectivity index (χ1v) is 7.21. The fourth-order valence-electron chi connectivity index (χ4n) is 2.45. The van der Waals surface area contributed by atoms with E-state index < -0.39 is 16.9 Å². The van der Waals surface area contributed by atoms with Crippen molar-refractivity contribution >= 4 is 17.6 Å². The molecule has 0 saturated carbocycles. The molecule has 124 valence electrons. The van der Waals surface area contributed by atoms with Crippen molar-refractivity contribution in [2.45, 2.75) is 18.9 Å².